The van der Waals surface area contributed by atoms with Gasteiger partial charge in [-0.05, 0) is 17.9 Å². The SMILES string of the molecule is CC1=CC(C)(C)[C@H]2[C@H](O)OC[C@H]2C1=O. The third-order valence-corrected chi connectivity index (χ3v) is 3.36. The molecule has 0 amide bonds. The van der Waals surface area contributed by atoms with Gasteiger partial charge in [0.15, 0.2) is 12.1 Å². The topological polar surface area (TPSA) is 46.5 Å². The Morgan fingerprint density at radius 3 is 2.86 bits per heavy atom. The Bertz CT molecular complexity index is 304. The summed E-state index contributed by atoms with van der Waals surface area (Å²) in [5.41, 5.74) is 0.646. The maximum absolute atomic E-state index is 11.8. The maximum Gasteiger partial charge on any atom is 0.164 e. The van der Waals surface area contributed by atoms with Gasteiger partial charge in [-0.2, -0.15) is 0 Å². The number of carbonyl (C=O) groups excluding carboxylic acids is 1. The first-order valence-corrected chi connectivity index (χ1v) is 4.97. The van der Waals surface area contributed by atoms with Crippen LogP contribution in [-0.4, -0.2) is 23.8 Å². The van der Waals surface area contributed by atoms with Gasteiger partial charge in [-0.25, -0.2) is 0 Å². The molecule has 0 aromatic rings. The van der Waals surface area contributed by atoms with Crippen LogP contribution in [0.5, 0.6) is 0 Å². The first kappa shape index (κ1) is 9.87. The third kappa shape index (κ3) is 1.23. The summed E-state index contributed by atoms with van der Waals surface area (Å²) >= 11 is 0. The number of aliphatic hydroxyl groups is 1. The molecule has 2 rings (SSSR count). The number of aliphatic hydroxyl groups excluding tert-OH is 1. The molecular formula is C11H16O3. The van der Waals surface area contributed by atoms with Crippen LogP contribution in [0.3, 0.4) is 0 Å². The Morgan fingerprint density at radius 1 is 1.57 bits per heavy atom. The molecule has 2 aliphatic rings. The van der Waals surface area contributed by atoms with E-state index in [9.17, 15) is 9.90 Å². The van der Waals surface area contributed by atoms with Crippen LogP contribution in [0.4, 0.5) is 0 Å². The van der Waals surface area contributed by atoms with Crippen molar-refractivity contribution in [3.05, 3.63) is 11.6 Å². The number of rotatable bonds is 0. The summed E-state index contributed by atoms with van der Waals surface area (Å²) in [4.78, 5) is 11.8. The maximum atomic E-state index is 11.8. The predicted octanol–water partition coefficient (Wildman–Crippen LogP) is 1.12. The number of allylic oxidation sites excluding steroid dienone is 2. The minimum atomic E-state index is -0.789. The molecule has 14 heavy (non-hydrogen) atoms. The van der Waals surface area contributed by atoms with Crippen molar-refractivity contribution in [1.29, 1.82) is 0 Å². The van der Waals surface area contributed by atoms with Crippen molar-refractivity contribution in [3.63, 3.8) is 0 Å². The van der Waals surface area contributed by atoms with Gasteiger partial charge >= 0.3 is 0 Å². The average Bonchev–Trinajstić information content (AvgIpc) is 2.44. The molecule has 0 aromatic carbocycles. The van der Waals surface area contributed by atoms with Crippen molar-refractivity contribution in [2.24, 2.45) is 17.3 Å². The molecular weight excluding hydrogens is 180 g/mol. The van der Waals surface area contributed by atoms with E-state index in [1.807, 2.05) is 26.8 Å². The Labute approximate surface area is 83.8 Å². The minimum Gasteiger partial charge on any atom is -0.368 e. The molecule has 1 fully saturated rings. The van der Waals surface area contributed by atoms with Gasteiger partial charge in [0, 0.05) is 5.92 Å². The lowest BCUT2D eigenvalue weighted by atomic mass is 9.66. The average molecular weight is 196 g/mol. The van der Waals surface area contributed by atoms with Gasteiger partial charge in [0.25, 0.3) is 0 Å². The van der Waals surface area contributed by atoms with E-state index < -0.39 is 6.29 Å². The van der Waals surface area contributed by atoms with Gasteiger partial charge in [0.05, 0.1) is 12.5 Å². The second-order valence-electron chi connectivity index (χ2n) is 4.87. The second-order valence-corrected chi connectivity index (χ2v) is 4.87. The number of ether oxygens (including phenoxy) is 1. The number of ketones is 1. The Balaban J connectivity index is 2.43. The van der Waals surface area contributed by atoms with Gasteiger partial charge in [-0.1, -0.05) is 19.9 Å². The van der Waals surface area contributed by atoms with E-state index in [1.54, 1.807) is 0 Å². The van der Waals surface area contributed by atoms with Crippen molar-refractivity contribution in [2.75, 3.05) is 6.61 Å². The van der Waals surface area contributed by atoms with Gasteiger partial charge in [-0.15, -0.1) is 0 Å². The summed E-state index contributed by atoms with van der Waals surface area (Å²) in [6.07, 6.45) is 1.16. The van der Waals surface area contributed by atoms with Crippen molar-refractivity contribution >= 4 is 5.78 Å². The summed E-state index contributed by atoms with van der Waals surface area (Å²) in [7, 11) is 0. The largest absolute Gasteiger partial charge is 0.368 e. The van der Waals surface area contributed by atoms with Crippen molar-refractivity contribution in [2.45, 2.75) is 27.1 Å². The first-order chi connectivity index (χ1) is 6.43. The zero-order valence-corrected chi connectivity index (χ0v) is 8.78. The lowest BCUT2D eigenvalue weighted by molar-refractivity contribution is -0.124. The summed E-state index contributed by atoms with van der Waals surface area (Å²) in [6, 6.07) is 0. The van der Waals surface area contributed by atoms with Crippen LogP contribution in [0.25, 0.3) is 0 Å². The van der Waals surface area contributed by atoms with E-state index in [4.69, 9.17) is 4.74 Å². The summed E-state index contributed by atoms with van der Waals surface area (Å²) in [5, 5.41) is 9.66. The third-order valence-electron chi connectivity index (χ3n) is 3.36. The van der Waals surface area contributed by atoms with Crippen LogP contribution in [-0.2, 0) is 9.53 Å². The summed E-state index contributed by atoms with van der Waals surface area (Å²) < 4.78 is 5.16. The molecule has 0 spiro atoms. The first-order valence-electron chi connectivity index (χ1n) is 4.97. The number of hydrogen-bond acceptors (Lipinski definition) is 3. The van der Waals surface area contributed by atoms with E-state index in [0.717, 1.165) is 5.57 Å². The molecule has 1 aliphatic carbocycles. The number of Topliss-reactive ketones (excluding diaryl/α,β-unsaturated/α-hetero) is 1. The normalized spacial score (nSPS) is 40.7. The van der Waals surface area contributed by atoms with E-state index >= 15 is 0 Å². The molecule has 1 N–H and O–H groups in total. The minimum absolute atomic E-state index is 0.0845. The van der Waals surface area contributed by atoms with E-state index in [-0.39, 0.29) is 23.0 Å². The Kier molecular flexibility index (Phi) is 2.05. The van der Waals surface area contributed by atoms with Gasteiger partial charge in [-0.3, -0.25) is 4.79 Å². The molecule has 3 atom stereocenters. The van der Waals surface area contributed by atoms with E-state index in [0.29, 0.717) is 6.61 Å². The molecule has 1 saturated heterocycles. The molecule has 0 unspecified atom stereocenters. The monoisotopic (exact) mass is 196 g/mol. The predicted molar refractivity (Wildman–Crippen MR) is 51.5 cm³/mol. The number of carbonyl (C=O) groups is 1. The molecule has 0 aromatic heterocycles. The van der Waals surface area contributed by atoms with Crippen molar-refractivity contribution < 1.29 is 14.6 Å². The molecule has 0 bridgehead atoms. The fourth-order valence-corrected chi connectivity index (χ4v) is 2.75. The Hall–Kier alpha value is -0.670. The van der Waals surface area contributed by atoms with Crippen LogP contribution < -0.4 is 0 Å². The zero-order chi connectivity index (χ0) is 10.5. The lowest BCUT2D eigenvalue weighted by Gasteiger charge is -2.37. The van der Waals surface area contributed by atoms with Crippen LogP contribution in [0.2, 0.25) is 0 Å². The molecule has 3 nitrogen and oxygen atoms in total. The quantitative estimate of drug-likeness (QED) is 0.631. The molecule has 0 saturated carbocycles. The molecule has 3 heteroatoms. The second kappa shape index (κ2) is 2.91. The van der Waals surface area contributed by atoms with Crippen LogP contribution in [0.1, 0.15) is 20.8 Å². The van der Waals surface area contributed by atoms with Crippen LogP contribution in [0.15, 0.2) is 11.6 Å². The summed E-state index contributed by atoms with van der Waals surface area (Å²) in [5.74, 6) is -0.102. The fraction of sp³-hybridized carbons (Fsp3) is 0.727. The van der Waals surface area contributed by atoms with Gasteiger partial charge in [0.2, 0.25) is 0 Å². The zero-order valence-electron chi connectivity index (χ0n) is 8.78. The molecule has 78 valence electrons. The van der Waals surface area contributed by atoms with Crippen molar-refractivity contribution in [3.8, 4) is 0 Å². The van der Waals surface area contributed by atoms with Crippen molar-refractivity contribution in [1.82, 2.24) is 0 Å². The highest BCUT2D eigenvalue weighted by Gasteiger charge is 2.50. The highest BCUT2D eigenvalue weighted by molar-refractivity contribution is 5.98. The van der Waals surface area contributed by atoms with Gasteiger partial charge in [0.1, 0.15) is 0 Å². The fourth-order valence-electron chi connectivity index (χ4n) is 2.75. The van der Waals surface area contributed by atoms with E-state index in [2.05, 4.69) is 0 Å². The summed E-state index contributed by atoms with van der Waals surface area (Å²) in [6.45, 7) is 6.28. The molecule has 0 radical (unpaired) electrons. The highest BCUT2D eigenvalue weighted by Crippen LogP contribution is 2.46. The highest BCUT2D eigenvalue weighted by atomic mass is 16.6. The lowest BCUT2D eigenvalue weighted by Crippen LogP contribution is -2.41. The number of hydrogen-bond donors (Lipinski definition) is 1. The smallest absolute Gasteiger partial charge is 0.164 e. The standard InChI is InChI=1S/C11H16O3/c1-6-4-11(2,3)8-7(9(6)12)5-14-10(8)13/h4,7-8,10,13H,5H2,1-3H3/t7-,8-,10-/m1/s1. The number of fused-ring (bicyclic) bond motifs is 1. The molecule has 1 aliphatic heterocycles. The van der Waals surface area contributed by atoms with Crippen LogP contribution in [0, 0.1) is 17.3 Å². The van der Waals surface area contributed by atoms with Gasteiger partial charge < -0.3 is 9.84 Å². The van der Waals surface area contributed by atoms with E-state index in [1.165, 1.54) is 0 Å². The molecule has 1 heterocycles. The Morgan fingerprint density at radius 2 is 2.21 bits per heavy atom. The van der Waals surface area contributed by atoms with Crippen LogP contribution >= 0.6 is 0 Å².